The number of rotatable bonds is 7. The Kier molecular flexibility index (Phi) is 9.42. The molecular weight excluding hydrogens is 513 g/mol. The van der Waals surface area contributed by atoms with Crippen LogP contribution in [0.3, 0.4) is 0 Å². The van der Waals surface area contributed by atoms with Crippen LogP contribution in [0.5, 0.6) is 0 Å². The summed E-state index contributed by atoms with van der Waals surface area (Å²) in [6.07, 6.45) is 6.03. The van der Waals surface area contributed by atoms with Gasteiger partial charge in [0, 0.05) is 49.8 Å². The first-order valence-electron chi connectivity index (χ1n) is 10.4. The van der Waals surface area contributed by atoms with Crippen LogP contribution in [-0.2, 0) is 16.4 Å². The Balaban J connectivity index is 0.00000320. The van der Waals surface area contributed by atoms with E-state index in [0.29, 0.717) is 19.0 Å². The summed E-state index contributed by atoms with van der Waals surface area (Å²) in [5.74, 6) is 1.26. The van der Waals surface area contributed by atoms with Crippen LogP contribution in [0.4, 0.5) is 0 Å². The van der Waals surface area contributed by atoms with Crippen molar-refractivity contribution in [1.29, 1.82) is 0 Å². The number of aromatic nitrogens is 1. The zero-order valence-electron chi connectivity index (χ0n) is 18.1. The summed E-state index contributed by atoms with van der Waals surface area (Å²) < 4.78 is 24.8. The van der Waals surface area contributed by atoms with E-state index in [1.807, 2.05) is 0 Å². The van der Waals surface area contributed by atoms with E-state index in [9.17, 15) is 8.42 Å². The van der Waals surface area contributed by atoms with Gasteiger partial charge in [0.05, 0.1) is 6.26 Å². The van der Waals surface area contributed by atoms with Crippen LogP contribution in [0.1, 0.15) is 30.9 Å². The van der Waals surface area contributed by atoms with E-state index in [1.54, 1.807) is 4.31 Å². The molecule has 168 valence electrons. The molecule has 3 N–H and O–H groups in total. The molecule has 0 amide bonds. The highest BCUT2D eigenvalue weighted by atomic mass is 127. The summed E-state index contributed by atoms with van der Waals surface area (Å²) in [5.41, 5.74) is 3.78. The van der Waals surface area contributed by atoms with Gasteiger partial charge in [-0.3, -0.25) is 4.99 Å². The molecule has 0 atom stereocenters. The number of nitrogens with one attached hydrogen (secondary N) is 3. The van der Waals surface area contributed by atoms with Crippen molar-refractivity contribution in [3.63, 3.8) is 0 Å². The molecule has 0 aliphatic carbocycles. The molecule has 2 heterocycles. The zero-order chi connectivity index (χ0) is 20.9. The van der Waals surface area contributed by atoms with Crippen molar-refractivity contribution in [1.82, 2.24) is 19.9 Å². The van der Waals surface area contributed by atoms with Gasteiger partial charge in [0.15, 0.2) is 5.96 Å². The molecule has 1 fully saturated rings. The maximum Gasteiger partial charge on any atom is 0.211 e. The van der Waals surface area contributed by atoms with E-state index in [-0.39, 0.29) is 24.0 Å². The normalized spacial score (nSPS) is 16.4. The smallest absolute Gasteiger partial charge is 0.211 e. The lowest BCUT2D eigenvalue weighted by Gasteiger charge is -2.29. The molecule has 30 heavy (non-hydrogen) atoms. The first kappa shape index (κ1) is 24.9. The van der Waals surface area contributed by atoms with E-state index in [4.69, 9.17) is 4.99 Å². The predicted octanol–water partition coefficient (Wildman–Crippen LogP) is 2.86. The van der Waals surface area contributed by atoms with E-state index >= 15 is 0 Å². The van der Waals surface area contributed by atoms with Crippen LogP contribution in [0.2, 0.25) is 0 Å². The number of para-hydroxylation sites is 1. The molecule has 1 saturated heterocycles. The minimum absolute atomic E-state index is 0. The number of halogens is 1. The van der Waals surface area contributed by atoms with Crippen molar-refractivity contribution < 1.29 is 8.42 Å². The van der Waals surface area contributed by atoms with Crippen molar-refractivity contribution >= 4 is 50.9 Å². The van der Waals surface area contributed by atoms with Crippen LogP contribution >= 0.6 is 24.0 Å². The van der Waals surface area contributed by atoms with Gasteiger partial charge in [-0.1, -0.05) is 18.2 Å². The molecule has 0 saturated carbocycles. The summed E-state index contributed by atoms with van der Waals surface area (Å²) in [6.45, 7) is 7.72. The number of guanidine groups is 1. The highest BCUT2D eigenvalue weighted by Gasteiger charge is 2.24. The fourth-order valence-corrected chi connectivity index (χ4v) is 4.75. The third kappa shape index (κ3) is 6.58. The van der Waals surface area contributed by atoms with Gasteiger partial charge in [0.2, 0.25) is 10.0 Å². The topological polar surface area (TPSA) is 89.6 Å². The van der Waals surface area contributed by atoms with Crippen LogP contribution in [0, 0.1) is 12.8 Å². The summed E-state index contributed by atoms with van der Waals surface area (Å²) in [4.78, 5) is 8.12. The molecule has 0 radical (unpaired) electrons. The molecule has 3 rings (SSSR count). The van der Waals surface area contributed by atoms with Crippen LogP contribution < -0.4 is 10.6 Å². The zero-order valence-corrected chi connectivity index (χ0v) is 21.2. The Hall–Kier alpha value is -1.33. The number of fused-ring (bicyclic) bond motifs is 1. The average molecular weight is 548 g/mol. The largest absolute Gasteiger partial charge is 0.361 e. The molecule has 1 aromatic heterocycles. The second-order valence-electron chi connectivity index (χ2n) is 7.81. The number of nitrogens with zero attached hydrogens (tertiary/aromatic N) is 2. The number of hydrogen-bond acceptors (Lipinski definition) is 3. The molecule has 1 aliphatic rings. The fraction of sp³-hybridized carbons (Fsp3) is 0.571. The van der Waals surface area contributed by atoms with Crippen molar-refractivity contribution in [2.75, 3.05) is 39.0 Å². The number of aryl methyl sites for hydroxylation is 1. The Morgan fingerprint density at radius 1 is 1.27 bits per heavy atom. The second-order valence-corrected chi connectivity index (χ2v) is 9.80. The number of hydrogen-bond donors (Lipinski definition) is 3. The standard InChI is InChI=1S/C21H33N5O2S.HI/c1-4-22-21(25-14-17-9-12-26(13-10-17)29(3,27)28)23-11-8-18-15-24-20-16(2)6-5-7-19(18)20;/h5-7,15,17,24H,4,8-14H2,1-3H3,(H2,22,23,25);1H. The molecule has 0 unspecified atom stereocenters. The van der Waals surface area contributed by atoms with Crippen molar-refractivity contribution in [2.45, 2.75) is 33.1 Å². The van der Waals surface area contributed by atoms with Gasteiger partial charge < -0.3 is 15.6 Å². The third-order valence-electron chi connectivity index (χ3n) is 5.59. The van der Waals surface area contributed by atoms with Gasteiger partial charge in [0.25, 0.3) is 0 Å². The summed E-state index contributed by atoms with van der Waals surface area (Å²) in [7, 11) is -3.07. The molecular formula is C21H34IN5O2S. The fourth-order valence-electron chi connectivity index (χ4n) is 3.87. The van der Waals surface area contributed by atoms with Gasteiger partial charge >= 0.3 is 0 Å². The minimum Gasteiger partial charge on any atom is -0.361 e. The molecule has 0 bridgehead atoms. The Bertz CT molecular complexity index is 949. The molecule has 0 spiro atoms. The third-order valence-corrected chi connectivity index (χ3v) is 6.89. The molecule has 9 heteroatoms. The quantitative estimate of drug-likeness (QED) is 0.283. The molecule has 2 aromatic rings. The van der Waals surface area contributed by atoms with Crippen molar-refractivity contribution in [3.05, 3.63) is 35.5 Å². The summed E-state index contributed by atoms with van der Waals surface area (Å²) in [6, 6.07) is 6.39. The molecule has 7 nitrogen and oxygen atoms in total. The summed E-state index contributed by atoms with van der Waals surface area (Å²) >= 11 is 0. The number of piperidine rings is 1. The second kappa shape index (κ2) is 11.3. The lowest BCUT2D eigenvalue weighted by molar-refractivity contribution is 0.280. The van der Waals surface area contributed by atoms with Gasteiger partial charge in [-0.15, -0.1) is 24.0 Å². The van der Waals surface area contributed by atoms with Gasteiger partial charge in [-0.25, -0.2) is 12.7 Å². The Morgan fingerprint density at radius 2 is 2.00 bits per heavy atom. The van der Waals surface area contributed by atoms with Gasteiger partial charge in [0.1, 0.15) is 0 Å². The summed E-state index contributed by atoms with van der Waals surface area (Å²) in [5, 5.41) is 8.02. The minimum atomic E-state index is -3.07. The Labute approximate surface area is 197 Å². The monoisotopic (exact) mass is 547 g/mol. The van der Waals surface area contributed by atoms with E-state index < -0.39 is 10.0 Å². The number of sulfonamides is 1. The predicted molar refractivity (Wildman–Crippen MR) is 135 cm³/mol. The maximum absolute atomic E-state index is 11.6. The van der Waals surface area contributed by atoms with E-state index in [1.165, 1.54) is 28.3 Å². The number of H-pyrrole nitrogens is 1. The van der Waals surface area contributed by atoms with Gasteiger partial charge in [-0.05, 0) is 50.2 Å². The number of benzene rings is 1. The van der Waals surface area contributed by atoms with E-state index in [0.717, 1.165) is 44.9 Å². The van der Waals surface area contributed by atoms with Crippen LogP contribution in [0.15, 0.2) is 29.4 Å². The lowest BCUT2D eigenvalue weighted by atomic mass is 9.98. The van der Waals surface area contributed by atoms with Crippen LogP contribution in [-0.4, -0.2) is 62.6 Å². The number of aliphatic imine (C=N–C) groups is 1. The highest BCUT2D eigenvalue weighted by molar-refractivity contribution is 14.0. The number of aromatic amines is 1. The SMILES string of the molecule is CCNC(=NCC1CCN(S(C)(=O)=O)CC1)NCCc1c[nH]c2c(C)cccc12.I. The Morgan fingerprint density at radius 3 is 2.67 bits per heavy atom. The van der Waals surface area contributed by atoms with Gasteiger partial charge in [-0.2, -0.15) is 0 Å². The lowest BCUT2D eigenvalue weighted by Crippen LogP contribution is -2.40. The maximum atomic E-state index is 11.6. The molecule has 1 aliphatic heterocycles. The first-order chi connectivity index (χ1) is 13.9. The molecule has 1 aromatic carbocycles. The highest BCUT2D eigenvalue weighted by Crippen LogP contribution is 2.21. The average Bonchev–Trinajstić information content (AvgIpc) is 3.10. The van der Waals surface area contributed by atoms with Crippen LogP contribution in [0.25, 0.3) is 10.9 Å². The van der Waals surface area contributed by atoms with Crippen molar-refractivity contribution in [3.8, 4) is 0 Å². The van der Waals surface area contributed by atoms with E-state index in [2.05, 4.69) is 53.9 Å². The van der Waals surface area contributed by atoms with Crippen molar-refractivity contribution in [2.24, 2.45) is 10.9 Å². The first-order valence-corrected chi connectivity index (χ1v) is 12.3.